The van der Waals surface area contributed by atoms with E-state index >= 15 is 0 Å². The highest BCUT2D eigenvalue weighted by Crippen LogP contribution is 2.32. The van der Waals surface area contributed by atoms with Crippen LogP contribution in [0.1, 0.15) is 25.5 Å². The average molecular weight is 299 g/mol. The molecule has 1 aliphatic heterocycles. The van der Waals surface area contributed by atoms with E-state index in [0.29, 0.717) is 0 Å². The maximum atomic E-state index is 13.8. The third kappa shape index (κ3) is 2.43. The van der Waals surface area contributed by atoms with E-state index in [1.807, 2.05) is 0 Å². The lowest BCUT2D eigenvalue weighted by Gasteiger charge is -2.31. The highest BCUT2D eigenvalue weighted by molar-refractivity contribution is 7.87. The van der Waals surface area contributed by atoms with Crippen LogP contribution in [0.2, 0.25) is 0 Å². The van der Waals surface area contributed by atoms with Gasteiger partial charge < -0.3 is 5.73 Å². The fourth-order valence-electron chi connectivity index (χ4n) is 1.89. The highest BCUT2D eigenvalue weighted by atomic mass is 32.2. The number of nitro groups is 1. The van der Waals surface area contributed by atoms with Crippen LogP contribution in [0.15, 0.2) is 23.2 Å². The minimum atomic E-state index is -1.33. The summed E-state index contributed by atoms with van der Waals surface area (Å²) in [6.45, 7) is 3.39. The van der Waals surface area contributed by atoms with Crippen molar-refractivity contribution in [2.24, 2.45) is 10.7 Å². The zero-order valence-electron chi connectivity index (χ0n) is 11.0. The molecule has 0 saturated heterocycles. The summed E-state index contributed by atoms with van der Waals surface area (Å²) in [4.78, 5) is 14.3. The summed E-state index contributed by atoms with van der Waals surface area (Å²) < 4.78 is 25.2. The minimum absolute atomic E-state index is 0.0472. The van der Waals surface area contributed by atoms with Crippen LogP contribution in [-0.2, 0) is 10.8 Å². The topological polar surface area (TPSA) is 98.6 Å². The molecule has 108 valence electrons. The van der Waals surface area contributed by atoms with Gasteiger partial charge in [0.25, 0.3) is 5.69 Å². The van der Waals surface area contributed by atoms with E-state index in [0.717, 1.165) is 18.2 Å². The predicted molar refractivity (Wildman–Crippen MR) is 74.5 cm³/mol. The first-order valence-corrected chi connectivity index (χ1v) is 7.21. The third-order valence-corrected chi connectivity index (χ3v) is 5.31. The molecule has 0 aliphatic carbocycles. The summed E-state index contributed by atoms with van der Waals surface area (Å²) in [7, 11) is -1.33. The van der Waals surface area contributed by atoms with Crippen molar-refractivity contribution < 1.29 is 13.5 Å². The van der Waals surface area contributed by atoms with Crippen molar-refractivity contribution in [1.82, 2.24) is 0 Å². The second-order valence-corrected chi connectivity index (χ2v) is 7.06. The van der Waals surface area contributed by atoms with E-state index in [1.54, 1.807) is 13.8 Å². The lowest BCUT2D eigenvalue weighted by atomic mass is 10.1. The van der Waals surface area contributed by atoms with Gasteiger partial charge in [-0.2, -0.15) is 0 Å². The van der Waals surface area contributed by atoms with Crippen LogP contribution in [0.25, 0.3) is 0 Å². The molecule has 0 bridgehead atoms. The summed E-state index contributed by atoms with van der Waals surface area (Å²) in [6.07, 6.45) is 0. The SMILES string of the molecule is CC1(C)C(N)=NC(c2cc([N+](=O)[O-])ccc2F)CS1=O. The number of aliphatic imine (C=N–C) groups is 1. The van der Waals surface area contributed by atoms with Crippen LogP contribution in [0, 0.1) is 15.9 Å². The second kappa shape index (κ2) is 4.93. The first kappa shape index (κ1) is 14.6. The van der Waals surface area contributed by atoms with E-state index in [2.05, 4.69) is 4.99 Å². The quantitative estimate of drug-likeness (QED) is 0.663. The molecule has 1 heterocycles. The average Bonchev–Trinajstić information content (AvgIpc) is 2.36. The number of benzene rings is 1. The summed E-state index contributed by atoms with van der Waals surface area (Å²) in [5.74, 6) is -0.363. The maximum absolute atomic E-state index is 13.8. The zero-order chi connectivity index (χ0) is 15.1. The standard InChI is InChI=1S/C12H14FN3O3S/c1-12(2)11(14)15-10(6-20(12)19)8-5-7(16(17)18)3-4-9(8)13/h3-5,10H,6H2,1-2H3,(H2,14,15). The molecule has 0 amide bonds. The number of nitrogens with zero attached hydrogens (tertiary/aromatic N) is 2. The Morgan fingerprint density at radius 1 is 1.55 bits per heavy atom. The van der Waals surface area contributed by atoms with Crippen molar-refractivity contribution in [3.8, 4) is 0 Å². The van der Waals surface area contributed by atoms with Crippen LogP contribution in [0.4, 0.5) is 10.1 Å². The largest absolute Gasteiger partial charge is 0.386 e. The summed E-state index contributed by atoms with van der Waals surface area (Å²) in [6, 6.07) is 2.45. The number of hydrogen-bond acceptors (Lipinski definition) is 5. The molecular weight excluding hydrogens is 285 g/mol. The van der Waals surface area contributed by atoms with E-state index in [-0.39, 0.29) is 22.8 Å². The Morgan fingerprint density at radius 2 is 2.20 bits per heavy atom. The van der Waals surface area contributed by atoms with Gasteiger partial charge in [-0.3, -0.25) is 19.3 Å². The predicted octanol–water partition coefficient (Wildman–Crippen LogP) is 1.67. The van der Waals surface area contributed by atoms with Crippen LogP contribution >= 0.6 is 0 Å². The monoisotopic (exact) mass is 299 g/mol. The fraction of sp³-hybridized carbons (Fsp3) is 0.417. The zero-order valence-corrected chi connectivity index (χ0v) is 11.8. The van der Waals surface area contributed by atoms with Crippen molar-refractivity contribution in [2.45, 2.75) is 24.6 Å². The Labute approximate surface area is 117 Å². The van der Waals surface area contributed by atoms with Crippen LogP contribution in [-0.4, -0.2) is 25.5 Å². The maximum Gasteiger partial charge on any atom is 0.269 e. The van der Waals surface area contributed by atoms with Gasteiger partial charge in [0.2, 0.25) is 0 Å². The molecule has 0 aromatic heterocycles. The highest BCUT2D eigenvalue weighted by Gasteiger charge is 2.38. The molecule has 8 heteroatoms. The first-order chi connectivity index (χ1) is 9.23. The van der Waals surface area contributed by atoms with Crippen molar-refractivity contribution in [2.75, 3.05) is 5.75 Å². The molecule has 0 saturated carbocycles. The lowest BCUT2D eigenvalue weighted by molar-refractivity contribution is -0.385. The molecule has 1 aromatic rings. The van der Waals surface area contributed by atoms with Gasteiger partial charge in [0.15, 0.2) is 0 Å². The molecule has 6 nitrogen and oxygen atoms in total. The second-order valence-electron chi connectivity index (χ2n) is 5.02. The Hall–Kier alpha value is -1.83. The van der Waals surface area contributed by atoms with Gasteiger partial charge in [-0.1, -0.05) is 0 Å². The van der Waals surface area contributed by atoms with Crippen LogP contribution in [0.5, 0.6) is 0 Å². The first-order valence-electron chi connectivity index (χ1n) is 5.89. The molecule has 2 N–H and O–H groups in total. The fourth-order valence-corrected chi connectivity index (χ4v) is 3.13. The normalized spacial score (nSPS) is 25.1. The summed E-state index contributed by atoms with van der Waals surface area (Å²) in [5, 5.41) is 10.7. The van der Waals surface area contributed by atoms with E-state index in [4.69, 9.17) is 5.73 Å². The molecule has 0 spiro atoms. The van der Waals surface area contributed by atoms with Crippen molar-refractivity contribution in [1.29, 1.82) is 0 Å². The number of amidine groups is 1. The van der Waals surface area contributed by atoms with Crippen molar-refractivity contribution in [3.63, 3.8) is 0 Å². The number of rotatable bonds is 2. The molecule has 1 aliphatic rings. The van der Waals surface area contributed by atoms with Crippen molar-refractivity contribution >= 4 is 22.3 Å². The number of non-ortho nitro benzene ring substituents is 1. The van der Waals surface area contributed by atoms with Crippen LogP contribution < -0.4 is 5.73 Å². The Bertz CT molecular complexity index is 630. The number of nitro benzene ring substituents is 1. The van der Waals surface area contributed by atoms with Gasteiger partial charge in [0, 0.05) is 28.5 Å². The Morgan fingerprint density at radius 3 is 2.75 bits per heavy atom. The lowest BCUT2D eigenvalue weighted by Crippen LogP contribution is -2.47. The van der Waals surface area contributed by atoms with E-state index in [9.17, 15) is 18.7 Å². The molecule has 20 heavy (non-hydrogen) atoms. The molecule has 1 aromatic carbocycles. The Kier molecular flexibility index (Phi) is 3.59. The number of nitrogens with two attached hydrogens (primary N) is 1. The third-order valence-electron chi connectivity index (χ3n) is 3.34. The molecule has 2 atom stereocenters. The van der Waals surface area contributed by atoms with Gasteiger partial charge >= 0.3 is 0 Å². The summed E-state index contributed by atoms with van der Waals surface area (Å²) in [5.41, 5.74) is 5.60. The molecule has 0 radical (unpaired) electrons. The minimum Gasteiger partial charge on any atom is -0.386 e. The molecule has 2 rings (SSSR count). The molecule has 0 fully saturated rings. The molecule has 2 unspecified atom stereocenters. The van der Waals surface area contributed by atoms with Crippen molar-refractivity contribution in [3.05, 3.63) is 39.7 Å². The Balaban J connectivity index is 2.48. The number of hydrogen-bond donors (Lipinski definition) is 1. The van der Waals surface area contributed by atoms with Gasteiger partial charge in [-0.25, -0.2) is 4.39 Å². The van der Waals surface area contributed by atoms with E-state index in [1.165, 1.54) is 0 Å². The van der Waals surface area contributed by atoms with Gasteiger partial charge in [-0.15, -0.1) is 0 Å². The summed E-state index contributed by atoms with van der Waals surface area (Å²) >= 11 is 0. The molecular formula is C12H14FN3O3S. The number of halogens is 1. The van der Waals surface area contributed by atoms with Crippen LogP contribution in [0.3, 0.4) is 0 Å². The smallest absolute Gasteiger partial charge is 0.269 e. The van der Waals surface area contributed by atoms with Gasteiger partial charge in [0.05, 0.1) is 21.5 Å². The van der Waals surface area contributed by atoms with Gasteiger partial charge in [-0.05, 0) is 19.9 Å². The van der Waals surface area contributed by atoms with Gasteiger partial charge in [0.1, 0.15) is 11.7 Å². The van der Waals surface area contributed by atoms with E-state index < -0.39 is 32.3 Å².